The number of hydrogen-bond acceptors (Lipinski definition) is 1. The van der Waals surface area contributed by atoms with E-state index in [-0.39, 0.29) is 5.78 Å². The first-order chi connectivity index (χ1) is 8.09. The first-order valence-corrected chi connectivity index (χ1v) is 6.67. The second-order valence-electron chi connectivity index (χ2n) is 3.43. The Morgan fingerprint density at radius 3 is 2.41 bits per heavy atom. The molecule has 1 nitrogen and oxygen atoms in total. The summed E-state index contributed by atoms with van der Waals surface area (Å²) in [6.07, 6.45) is 0. The predicted octanol–water partition coefficient (Wildman–Crippen LogP) is 4.83. The molecule has 0 aliphatic rings. The summed E-state index contributed by atoms with van der Waals surface area (Å²) in [5.41, 5.74) is 1.07. The highest BCUT2D eigenvalue weighted by molar-refractivity contribution is 14.1. The number of ketones is 1. The van der Waals surface area contributed by atoms with Gasteiger partial charge in [0.05, 0.1) is 5.02 Å². The van der Waals surface area contributed by atoms with E-state index in [1.165, 1.54) is 0 Å². The molecule has 0 spiro atoms. The molecule has 0 N–H and O–H groups in total. The summed E-state index contributed by atoms with van der Waals surface area (Å²) in [4.78, 5) is 12.3. The molecule has 0 amide bonds. The van der Waals surface area contributed by atoms with Crippen molar-refractivity contribution in [2.45, 2.75) is 0 Å². The summed E-state index contributed by atoms with van der Waals surface area (Å²) in [6.45, 7) is 0. The fourth-order valence-corrected chi connectivity index (χ4v) is 2.47. The van der Waals surface area contributed by atoms with Crippen LogP contribution >= 0.6 is 45.8 Å². The smallest absolute Gasteiger partial charge is 0.195 e. The van der Waals surface area contributed by atoms with Gasteiger partial charge in [-0.1, -0.05) is 35.3 Å². The van der Waals surface area contributed by atoms with Crippen LogP contribution in [0.2, 0.25) is 10.0 Å². The maximum absolute atomic E-state index is 12.3. The molecule has 0 unspecified atom stereocenters. The van der Waals surface area contributed by atoms with Gasteiger partial charge in [0.15, 0.2) is 5.78 Å². The lowest BCUT2D eigenvalue weighted by molar-refractivity contribution is 0.103. The Hall–Kier alpha value is -0.580. The standard InChI is InChI=1S/C13H7Cl2IO/c14-8-5-6-11(15)10(7-8)13(17)9-3-1-2-4-12(9)16/h1-7H. The molecule has 2 aromatic carbocycles. The van der Waals surface area contributed by atoms with E-state index in [1.807, 2.05) is 18.2 Å². The lowest BCUT2D eigenvalue weighted by Gasteiger charge is -2.06. The molecular weight excluding hydrogens is 370 g/mol. The summed E-state index contributed by atoms with van der Waals surface area (Å²) >= 11 is 14.0. The van der Waals surface area contributed by atoms with E-state index in [0.29, 0.717) is 21.2 Å². The molecule has 0 saturated heterocycles. The van der Waals surface area contributed by atoms with Crippen LogP contribution in [0.15, 0.2) is 42.5 Å². The molecule has 86 valence electrons. The molecule has 2 aromatic rings. The van der Waals surface area contributed by atoms with Crippen molar-refractivity contribution in [3.05, 3.63) is 67.2 Å². The third kappa shape index (κ3) is 2.81. The van der Waals surface area contributed by atoms with Crippen LogP contribution in [-0.2, 0) is 0 Å². The van der Waals surface area contributed by atoms with Gasteiger partial charge in [0, 0.05) is 19.7 Å². The van der Waals surface area contributed by atoms with Gasteiger partial charge in [-0.2, -0.15) is 0 Å². The maximum Gasteiger partial charge on any atom is 0.195 e. The van der Waals surface area contributed by atoms with Crippen molar-refractivity contribution in [3.8, 4) is 0 Å². The lowest BCUT2D eigenvalue weighted by Crippen LogP contribution is -2.04. The zero-order chi connectivity index (χ0) is 12.4. The summed E-state index contributed by atoms with van der Waals surface area (Å²) in [7, 11) is 0. The molecule has 0 fully saturated rings. The molecule has 0 aromatic heterocycles. The van der Waals surface area contributed by atoms with E-state index >= 15 is 0 Å². The Labute approximate surface area is 123 Å². The first kappa shape index (κ1) is 12.9. The van der Waals surface area contributed by atoms with Gasteiger partial charge in [0.2, 0.25) is 0 Å². The van der Waals surface area contributed by atoms with E-state index in [1.54, 1.807) is 24.3 Å². The summed E-state index contributed by atoms with van der Waals surface area (Å²) in [5.74, 6) is -0.109. The lowest BCUT2D eigenvalue weighted by atomic mass is 10.0. The van der Waals surface area contributed by atoms with E-state index in [9.17, 15) is 4.79 Å². The van der Waals surface area contributed by atoms with Gasteiger partial charge < -0.3 is 0 Å². The van der Waals surface area contributed by atoms with Gasteiger partial charge in [-0.15, -0.1) is 0 Å². The number of halogens is 3. The average molecular weight is 377 g/mol. The Morgan fingerprint density at radius 1 is 1.00 bits per heavy atom. The van der Waals surface area contributed by atoms with Crippen LogP contribution in [0.25, 0.3) is 0 Å². The van der Waals surface area contributed by atoms with E-state index in [4.69, 9.17) is 23.2 Å². The average Bonchev–Trinajstić information content (AvgIpc) is 2.32. The van der Waals surface area contributed by atoms with Crippen LogP contribution in [0.4, 0.5) is 0 Å². The van der Waals surface area contributed by atoms with Crippen molar-refractivity contribution >= 4 is 51.6 Å². The highest BCUT2D eigenvalue weighted by Crippen LogP contribution is 2.25. The van der Waals surface area contributed by atoms with Crippen LogP contribution in [0, 0.1) is 3.57 Å². The van der Waals surface area contributed by atoms with Gasteiger partial charge >= 0.3 is 0 Å². The highest BCUT2D eigenvalue weighted by atomic mass is 127. The molecule has 4 heteroatoms. The number of carbonyl (C=O) groups is 1. The van der Waals surface area contributed by atoms with Gasteiger partial charge in [0.1, 0.15) is 0 Å². The van der Waals surface area contributed by atoms with Gasteiger partial charge in [-0.3, -0.25) is 4.79 Å². The van der Waals surface area contributed by atoms with Gasteiger partial charge in [0.25, 0.3) is 0 Å². The number of benzene rings is 2. The van der Waals surface area contributed by atoms with Crippen LogP contribution in [0.1, 0.15) is 15.9 Å². The summed E-state index contributed by atoms with van der Waals surface area (Å²) in [6, 6.07) is 12.3. The molecule has 0 heterocycles. The zero-order valence-corrected chi connectivity index (χ0v) is 12.3. The first-order valence-electron chi connectivity index (χ1n) is 4.84. The minimum atomic E-state index is -0.109. The Morgan fingerprint density at radius 2 is 1.71 bits per heavy atom. The quantitative estimate of drug-likeness (QED) is 0.542. The topological polar surface area (TPSA) is 17.1 Å². The maximum atomic E-state index is 12.3. The molecule has 17 heavy (non-hydrogen) atoms. The van der Waals surface area contributed by atoms with Crippen molar-refractivity contribution in [1.82, 2.24) is 0 Å². The Kier molecular flexibility index (Phi) is 4.07. The Bertz CT molecular complexity index is 581. The SMILES string of the molecule is O=C(c1cc(Cl)ccc1Cl)c1ccccc1I. The monoisotopic (exact) mass is 376 g/mol. The predicted molar refractivity (Wildman–Crippen MR) is 79.1 cm³/mol. The highest BCUT2D eigenvalue weighted by Gasteiger charge is 2.15. The molecule has 0 aliphatic carbocycles. The third-order valence-electron chi connectivity index (χ3n) is 2.29. The van der Waals surface area contributed by atoms with Crippen molar-refractivity contribution < 1.29 is 4.79 Å². The number of hydrogen-bond donors (Lipinski definition) is 0. The molecule has 0 atom stereocenters. The molecule has 0 saturated carbocycles. The molecular formula is C13H7Cl2IO. The summed E-state index contributed by atoms with van der Waals surface area (Å²) < 4.78 is 0.895. The fraction of sp³-hybridized carbons (Fsp3) is 0. The zero-order valence-electron chi connectivity index (χ0n) is 8.58. The minimum Gasteiger partial charge on any atom is -0.289 e. The van der Waals surface area contributed by atoms with Gasteiger partial charge in [-0.25, -0.2) is 0 Å². The number of rotatable bonds is 2. The van der Waals surface area contributed by atoms with Gasteiger partial charge in [-0.05, 0) is 52.9 Å². The molecule has 0 aliphatic heterocycles. The Balaban J connectivity index is 2.51. The van der Waals surface area contributed by atoms with Crippen molar-refractivity contribution in [2.75, 3.05) is 0 Å². The summed E-state index contributed by atoms with van der Waals surface area (Å²) in [5, 5.41) is 0.919. The van der Waals surface area contributed by atoms with E-state index < -0.39 is 0 Å². The van der Waals surface area contributed by atoms with Crippen LogP contribution in [-0.4, -0.2) is 5.78 Å². The third-order valence-corrected chi connectivity index (χ3v) is 3.80. The molecule has 0 radical (unpaired) electrons. The largest absolute Gasteiger partial charge is 0.289 e. The second kappa shape index (κ2) is 5.38. The van der Waals surface area contributed by atoms with E-state index in [2.05, 4.69) is 22.6 Å². The minimum absolute atomic E-state index is 0.109. The number of carbonyl (C=O) groups excluding carboxylic acids is 1. The fourth-order valence-electron chi connectivity index (χ4n) is 1.46. The van der Waals surface area contributed by atoms with Crippen LogP contribution < -0.4 is 0 Å². The van der Waals surface area contributed by atoms with Crippen LogP contribution in [0.3, 0.4) is 0 Å². The molecule has 2 rings (SSSR count). The normalized spacial score (nSPS) is 10.3. The van der Waals surface area contributed by atoms with E-state index in [0.717, 1.165) is 3.57 Å². The second-order valence-corrected chi connectivity index (χ2v) is 5.44. The van der Waals surface area contributed by atoms with Crippen molar-refractivity contribution in [2.24, 2.45) is 0 Å². The van der Waals surface area contributed by atoms with Crippen LogP contribution in [0.5, 0.6) is 0 Å². The van der Waals surface area contributed by atoms with Crippen molar-refractivity contribution in [3.63, 3.8) is 0 Å². The molecule has 0 bridgehead atoms. The van der Waals surface area contributed by atoms with Crippen molar-refractivity contribution in [1.29, 1.82) is 0 Å².